The van der Waals surface area contributed by atoms with Gasteiger partial charge in [0.25, 0.3) is 0 Å². The van der Waals surface area contributed by atoms with Crippen molar-refractivity contribution >= 4 is 16.6 Å². The molecule has 3 aromatic carbocycles. The van der Waals surface area contributed by atoms with Gasteiger partial charge in [-0.3, -0.25) is 4.98 Å². The Bertz CT molecular complexity index is 1420. The first-order valence-corrected chi connectivity index (χ1v) is 11.6. The average Bonchev–Trinajstić information content (AvgIpc) is 2.87. The van der Waals surface area contributed by atoms with Gasteiger partial charge in [-0.1, -0.05) is 30.3 Å². The average molecular weight is 468 g/mol. The van der Waals surface area contributed by atoms with Crippen LogP contribution in [-0.2, 0) is 4.74 Å². The number of morpholine rings is 1. The molecule has 5 nitrogen and oxygen atoms in total. The quantitative estimate of drug-likeness (QED) is 0.358. The van der Waals surface area contributed by atoms with Crippen LogP contribution in [-0.4, -0.2) is 37.4 Å². The molecular weight excluding hydrogens is 441 g/mol. The van der Waals surface area contributed by atoms with E-state index in [0.717, 1.165) is 40.9 Å². The molecule has 0 amide bonds. The number of hydrogen-bond donors (Lipinski definition) is 0. The molecule has 1 fully saturated rings. The van der Waals surface area contributed by atoms with Crippen molar-refractivity contribution in [3.63, 3.8) is 0 Å². The molecule has 0 spiro atoms. The molecule has 2 atom stereocenters. The van der Waals surface area contributed by atoms with Gasteiger partial charge in [-0.15, -0.1) is 0 Å². The molecular formula is C29H26FN3O2. The van der Waals surface area contributed by atoms with E-state index in [1.807, 2.05) is 24.3 Å². The van der Waals surface area contributed by atoms with Crippen LogP contribution in [0.3, 0.4) is 0 Å². The highest BCUT2D eigenvalue weighted by molar-refractivity contribution is 6.00. The number of halogens is 1. The Hall–Kier alpha value is -3.95. The fourth-order valence-corrected chi connectivity index (χ4v) is 4.87. The Morgan fingerprint density at radius 1 is 1.00 bits per heavy atom. The highest BCUT2D eigenvalue weighted by Crippen LogP contribution is 2.39. The topological polar surface area (TPSA) is 58.4 Å². The molecule has 1 aliphatic rings. The summed E-state index contributed by atoms with van der Waals surface area (Å²) in [5, 5.41) is 9.89. The molecule has 1 aliphatic heterocycles. The Morgan fingerprint density at radius 2 is 1.71 bits per heavy atom. The van der Waals surface area contributed by atoms with Crippen LogP contribution in [0.4, 0.5) is 10.1 Å². The van der Waals surface area contributed by atoms with Gasteiger partial charge in [0.1, 0.15) is 17.6 Å². The van der Waals surface area contributed by atoms with E-state index in [2.05, 4.69) is 43.0 Å². The van der Waals surface area contributed by atoms with E-state index < -0.39 is 5.82 Å². The van der Waals surface area contributed by atoms with E-state index >= 15 is 0 Å². The molecule has 6 heteroatoms. The lowest BCUT2D eigenvalue weighted by atomic mass is 9.97. The van der Waals surface area contributed by atoms with Crippen LogP contribution in [0.5, 0.6) is 5.75 Å². The first-order valence-electron chi connectivity index (χ1n) is 11.6. The lowest BCUT2D eigenvalue weighted by Gasteiger charge is -2.36. The van der Waals surface area contributed by atoms with Gasteiger partial charge in [-0.2, -0.15) is 5.26 Å². The van der Waals surface area contributed by atoms with E-state index in [1.165, 1.54) is 12.1 Å². The van der Waals surface area contributed by atoms with Crippen LogP contribution in [0.15, 0.2) is 66.9 Å². The Kier molecular flexibility index (Phi) is 6.10. The summed E-state index contributed by atoms with van der Waals surface area (Å²) in [6, 6.07) is 20.7. The van der Waals surface area contributed by atoms with Gasteiger partial charge in [-0.05, 0) is 55.3 Å². The summed E-state index contributed by atoms with van der Waals surface area (Å²) in [5.41, 5.74) is 5.22. The molecule has 35 heavy (non-hydrogen) atoms. The van der Waals surface area contributed by atoms with Crippen LogP contribution in [0.25, 0.3) is 33.2 Å². The highest BCUT2D eigenvalue weighted by Gasteiger charge is 2.22. The normalized spacial score (nSPS) is 17.9. The second kappa shape index (κ2) is 9.36. The minimum atomic E-state index is -0.547. The van der Waals surface area contributed by atoms with Crippen molar-refractivity contribution in [2.75, 3.05) is 25.1 Å². The summed E-state index contributed by atoms with van der Waals surface area (Å²) >= 11 is 0. The largest absolute Gasteiger partial charge is 0.495 e. The number of methoxy groups -OCH3 is 1. The highest BCUT2D eigenvalue weighted by atomic mass is 19.1. The zero-order chi connectivity index (χ0) is 24.5. The van der Waals surface area contributed by atoms with Crippen LogP contribution < -0.4 is 9.64 Å². The number of aromatic nitrogens is 1. The van der Waals surface area contributed by atoms with Gasteiger partial charge in [0.15, 0.2) is 0 Å². The monoisotopic (exact) mass is 467 g/mol. The molecule has 5 rings (SSSR count). The zero-order valence-electron chi connectivity index (χ0n) is 20.0. The van der Waals surface area contributed by atoms with E-state index in [4.69, 9.17) is 19.7 Å². The number of ether oxygens (including phenoxy) is 2. The first kappa shape index (κ1) is 22.8. The smallest absolute Gasteiger partial charge is 0.141 e. The fourth-order valence-electron chi connectivity index (χ4n) is 4.87. The van der Waals surface area contributed by atoms with E-state index in [1.54, 1.807) is 19.4 Å². The van der Waals surface area contributed by atoms with E-state index in [9.17, 15) is 4.39 Å². The maximum Gasteiger partial charge on any atom is 0.141 e. The summed E-state index contributed by atoms with van der Waals surface area (Å²) in [6.45, 7) is 5.93. The molecule has 1 saturated heterocycles. The number of benzene rings is 3. The van der Waals surface area contributed by atoms with Crippen molar-refractivity contribution in [2.24, 2.45) is 0 Å². The summed E-state index contributed by atoms with van der Waals surface area (Å²) in [6.07, 6.45) is 2.20. The summed E-state index contributed by atoms with van der Waals surface area (Å²) in [4.78, 5) is 7.10. The number of anilines is 1. The maximum atomic E-state index is 14.3. The van der Waals surface area contributed by atoms with Crippen LogP contribution in [0.2, 0.25) is 0 Å². The molecule has 0 aliphatic carbocycles. The lowest BCUT2D eigenvalue weighted by Crippen LogP contribution is -2.45. The van der Waals surface area contributed by atoms with Crippen molar-refractivity contribution in [2.45, 2.75) is 26.1 Å². The van der Waals surface area contributed by atoms with Gasteiger partial charge >= 0.3 is 0 Å². The van der Waals surface area contributed by atoms with Crippen LogP contribution in [0.1, 0.15) is 19.4 Å². The molecule has 1 aromatic heterocycles. The van der Waals surface area contributed by atoms with Gasteiger partial charge in [0.2, 0.25) is 0 Å². The summed E-state index contributed by atoms with van der Waals surface area (Å²) < 4.78 is 26.0. The van der Waals surface area contributed by atoms with Crippen molar-refractivity contribution in [3.8, 4) is 34.1 Å². The molecule has 2 heterocycles. The fraction of sp³-hybridized carbons (Fsp3) is 0.241. The number of rotatable bonds is 4. The third-order valence-corrected chi connectivity index (χ3v) is 6.42. The lowest BCUT2D eigenvalue weighted by molar-refractivity contribution is -0.00521. The van der Waals surface area contributed by atoms with Crippen molar-refractivity contribution in [3.05, 3.63) is 78.2 Å². The standard InChI is InChI=1S/C29H26FN3O2/c1-18-16-33(17-19(2)35-18)23-11-9-20(10-12-23)26-15-32-28-24(5-4-6-25(28)29(26)34-3)21-7-8-22(14-31)27(30)13-21/h4-13,15,18-19H,16-17H2,1-3H3/t18-,19+. The Morgan fingerprint density at radius 3 is 2.37 bits per heavy atom. The first-order chi connectivity index (χ1) is 17.0. The number of para-hydroxylation sites is 1. The van der Waals surface area contributed by atoms with Gasteiger partial charge in [-0.25, -0.2) is 4.39 Å². The van der Waals surface area contributed by atoms with Crippen LogP contribution >= 0.6 is 0 Å². The summed E-state index contributed by atoms with van der Waals surface area (Å²) in [5.74, 6) is 0.169. The summed E-state index contributed by atoms with van der Waals surface area (Å²) in [7, 11) is 1.65. The predicted octanol–water partition coefficient (Wildman–Crippen LogP) is 6.20. The molecule has 0 bridgehead atoms. The minimum Gasteiger partial charge on any atom is -0.495 e. The van der Waals surface area contributed by atoms with Crippen molar-refractivity contribution in [1.82, 2.24) is 4.98 Å². The second-order valence-corrected chi connectivity index (χ2v) is 8.92. The molecule has 0 radical (unpaired) electrons. The van der Waals surface area contributed by atoms with Crippen molar-refractivity contribution in [1.29, 1.82) is 5.26 Å². The van der Waals surface area contributed by atoms with E-state index in [-0.39, 0.29) is 17.8 Å². The molecule has 176 valence electrons. The Balaban J connectivity index is 1.54. The predicted molar refractivity (Wildman–Crippen MR) is 136 cm³/mol. The second-order valence-electron chi connectivity index (χ2n) is 8.92. The number of hydrogen-bond acceptors (Lipinski definition) is 5. The van der Waals surface area contributed by atoms with Crippen LogP contribution in [0, 0.1) is 17.1 Å². The van der Waals surface area contributed by atoms with Gasteiger partial charge in [0, 0.05) is 41.5 Å². The Labute approximate surface area is 204 Å². The zero-order valence-corrected chi connectivity index (χ0v) is 20.0. The molecule has 0 saturated carbocycles. The third kappa shape index (κ3) is 4.31. The SMILES string of the molecule is COc1c(-c2ccc(N3C[C@@H](C)O[C@@H](C)C3)cc2)cnc2c(-c3ccc(C#N)c(F)c3)cccc12. The molecule has 4 aromatic rings. The van der Waals surface area contributed by atoms with E-state index in [0.29, 0.717) is 16.8 Å². The molecule has 0 N–H and O–H groups in total. The van der Waals surface area contributed by atoms with Gasteiger partial charge < -0.3 is 14.4 Å². The third-order valence-electron chi connectivity index (χ3n) is 6.42. The maximum absolute atomic E-state index is 14.3. The van der Waals surface area contributed by atoms with Crippen molar-refractivity contribution < 1.29 is 13.9 Å². The number of fused-ring (bicyclic) bond motifs is 1. The molecule has 0 unspecified atom stereocenters. The number of pyridine rings is 1. The minimum absolute atomic E-state index is 0.0197. The number of nitrogens with zero attached hydrogens (tertiary/aromatic N) is 3. The van der Waals surface area contributed by atoms with Gasteiger partial charge in [0.05, 0.1) is 30.4 Å². The number of nitriles is 1.